The summed E-state index contributed by atoms with van der Waals surface area (Å²) in [7, 11) is 0. The molecule has 1 aliphatic heterocycles. The van der Waals surface area contributed by atoms with Crippen molar-refractivity contribution in [2.45, 2.75) is 18.9 Å². The normalized spacial score (nSPS) is 18.1. The predicted octanol–water partition coefficient (Wildman–Crippen LogP) is 5.36. The number of hydrogen-bond acceptors (Lipinski definition) is 3. The van der Waals surface area contributed by atoms with Gasteiger partial charge in [-0.1, -0.05) is 60.7 Å². The first-order chi connectivity index (χ1) is 14.2. The fourth-order valence-corrected chi connectivity index (χ4v) is 4.06. The standard InChI is InChI=1S/C25H25NO3/c27-25(28)21-12-8-16-26(18-21)24(19-9-3-1-4-10-19)20-11-7-15-23(17-20)29-22-13-5-2-6-14-22/h1-7,9-11,13-15,17,21,24H,8,12,16,18H2,(H,27,28). The van der Waals surface area contributed by atoms with E-state index in [1.54, 1.807) is 0 Å². The van der Waals surface area contributed by atoms with E-state index in [9.17, 15) is 9.90 Å². The van der Waals surface area contributed by atoms with Crippen LogP contribution in [0.4, 0.5) is 0 Å². The van der Waals surface area contributed by atoms with Gasteiger partial charge in [-0.15, -0.1) is 0 Å². The number of aliphatic carboxylic acids is 1. The van der Waals surface area contributed by atoms with Crippen LogP contribution in [0.15, 0.2) is 84.9 Å². The molecule has 0 bridgehead atoms. The zero-order chi connectivity index (χ0) is 20.1. The summed E-state index contributed by atoms with van der Waals surface area (Å²) < 4.78 is 6.04. The van der Waals surface area contributed by atoms with Crippen LogP contribution in [0.25, 0.3) is 0 Å². The van der Waals surface area contributed by atoms with E-state index in [4.69, 9.17) is 4.74 Å². The summed E-state index contributed by atoms with van der Waals surface area (Å²) in [5.41, 5.74) is 2.27. The lowest BCUT2D eigenvalue weighted by Gasteiger charge is -2.37. The molecule has 2 atom stereocenters. The lowest BCUT2D eigenvalue weighted by molar-refractivity contribution is -0.143. The summed E-state index contributed by atoms with van der Waals surface area (Å²) >= 11 is 0. The number of hydrogen-bond donors (Lipinski definition) is 1. The van der Waals surface area contributed by atoms with E-state index in [1.807, 2.05) is 60.7 Å². The van der Waals surface area contributed by atoms with Gasteiger partial charge in [0.15, 0.2) is 0 Å². The van der Waals surface area contributed by atoms with Gasteiger partial charge in [-0.25, -0.2) is 0 Å². The van der Waals surface area contributed by atoms with Crippen LogP contribution >= 0.6 is 0 Å². The smallest absolute Gasteiger partial charge is 0.307 e. The van der Waals surface area contributed by atoms with E-state index >= 15 is 0 Å². The van der Waals surface area contributed by atoms with Gasteiger partial charge >= 0.3 is 5.97 Å². The van der Waals surface area contributed by atoms with Gasteiger partial charge in [-0.05, 0) is 54.8 Å². The first-order valence-corrected chi connectivity index (χ1v) is 10.1. The van der Waals surface area contributed by atoms with Crippen LogP contribution in [0.1, 0.15) is 30.0 Å². The topological polar surface area (TPSA) is 49.8 Å². The van der Waals surface area contributed by atoms with Crippen molar-refractivity contribution in [2.24, 2.45) is 5.92 Å². The number of rotatable bonds is 6. The molecule has 1 heterocycles. The fourth-order valence-electron chi connectivity index (χ4n) is 4.06. The lowest BCUT2D eigenvalue weighted by atomic mass is 9.91. The summed E-state index contributed by atoms with van der Waals surface area (Å²) in [6.45, 7) is 1.44. The number of likely N-dealkylation sites (tertiary alicyclic amines) is 1. The van der Waals surface area contributed by atoms with Crippen molar-refractivity contribution < 1.29 is 14.6 Å². The SMILES string of the molecule is O=C(O)C1CCCN(C(c2ccccc2)c2cccc(Oc3ccccc3)c2)C1. The summed E-state index contributed by atoms with van der Waals surface area (Å²) in [4.78, 5) is 13.9. The van der Waals surface area contributed by atoms with Gasteiger partial charge in [-0.3, -0.25) is 9.69 Å². The fraction of sp³-hybridized carbons (Fsp3) is 0.240. The maximum absolute atomic E-state index is 11.6. The molecule has 29 heavy (non-hydrogen) atoms. The van der Waals surface area contributed by atoms with Gasteiger partial charge in [-0.2, -0.15) is 0 Å². The van der Waals surface area contributed by atoms with Crippen LogP contribution in [0.2, 0.25) is 0 Å². The van der Waals surface area contributed by atoms with Gasteiger partial charge in [0, 0.05) is 6.54 Å². The molecule has 4 nitrogen and oxygen atoms in total. The number of piperidine rings is 1. The maximum atomic E-state index is 11.6. The average molecular weight is 387 g/mol. The number of benzene rings is 3. The van der Waals surface area contributed by atoms with Gasteiger partial charge < -0.3 is 9.84 Å². The highest BCUT2D eigenvalue weighted by Gasteiger charge is 2.31. The molecule has 1 N–H and O–H groups in total. The number of nitrogens with zero attached hydrogens (tertiary/aromatic N) is 1. The van der Waals surface area contributed by atoms with Gasteiger partial charge in [0.1, 0.15) is 11.5 Å². The van der Waals surface area contributed by atoms with E-state index in [0.717, 1.165) is 42.0 Å². The lowest BCUT2D eigenvalue weighted by Crippen LogP contribution is -2.41. The molecule has 4 heteroatoms. The van der Waals surface area contributed by atoms with Crippen molar-refractivity contribution in [1.82, 2.24) is 4.90 Å². The highest BCUT2D eigenvalue weighted by molar-refractivity contribution is 5.70. The molecular weight excluding hydrogens is 362 g/mol. The number of para-hydroxylation sites is 1. The van der Waals surface area contributed by atoms with Crippen LogP contribution in [-0.4, -0.2) is 29.1 Å². The molecule has 0 aliphatic carbocycles. The van der Waals surface area contributed by atoms with Gasteiger partial charge in [0.05, 0.1) is 12.0 Å². The quantitative estimate of drug-likeness (QED) is 0.618. The van der Waals surface area contributed by atoms with Crippen LogP contribution in [0.3, 0.4) is 0 Å². The van der Waals surface area contributed by atoms with E-state index < -0.39 is 5.97 Å². The minimum Gasteiger partial charge on any atom is -0.481 e. The summed E-state index contributed by atoms with van der Waals surface area (Å²) in [6.07, 6.45) is 1.63. The third-order valence-electron chi connectivity index (χ3n) is 5.44. The van der Waals surface area contributed by atoms with Crippen LogP contribution in [0, 0.1) is 5.92 Å². The van der Waals surface area contributed by atoms with Crippen LogP contribution in [0.5, 0.6) is 11.5 Å². The molecule has 3 aromatic carbocycles. The molecule has 1 fully saturated rings. The Morgan fingerprint density at radius 1 is 0.897 bits per heavy atom. The zero-order valence-corrected chi connectivity index (χ0v) is 16.3. The average Bonchev–Trinajstić information content (AvgIpc) is 2.76. The highest BCUT2D eigenvalue weighted by atomic mass is 16.5. The van der Waals surface area contributed by atoms with Gasteiger partial charge in [0.2, 0.25) is 0 Å². The minimum atomic E-state index is -0.706. The van der Waals surface area contributed by atoms with Gasteiger partial charge in [0.25, 0.3) is 0 Å². The minimum absolute atomic E-state index is 0.00215. The Morgan fingerprint density at radius 2 is 1.55 bits per heavy atom. The molecule has 2 unspecified atom stereocenters. The third kappa shape index (κ3) is 4.66. The van der Waals surface area contributed by atoms with Crippen molar-refractivity contribution in [3.63, 3.8) is 0 Å². The first-order valence-electron chi connectivity index (χ1n) is 10.1. The predicted molar refractivity (Wildman–Crippen MR) is 113 cm³/mol. The molecule has 148 valence electrons. The van der Waals surface area contributed by atoms with Crippen molar-refractivity contribution in [3.8, 4) is 11.5 Å². The highest BCUT2D eigenvalue weighted by Crippen LogP contribution is 2.34. The first kappa shape index (κ1) is 19.2. The second kappa shape index (κ2) is 8.93. The molecule has 0 spiro atoms. The molecule has 0 amide bonds. The Labute approximate surface area is 171 Å². The molecule has 4 rings (SSSR count). The Hall–Kier alpha value is -3.11. The van der Waals surface area contributed by atoms with Crippen molar-refractivity contribution in [2.75, 3.05) is 13.1 Å². The Morgan fingerprint density at radius 3 is 2.28 bits per heavy atom. The summed E-state index contributed by atoms with van der Waals surface area (Å²) in [5.74, 6) is 0.549. The van der Waals surface area contributed by atoms with E-state index in [1.165, 1.54) is 0 Å². The Kier molecular flexibility index (Phi) is 5.92. The second-order valence-electron chi connectivity index (χ2n) is 7.47. The maximum Gasteiger partial charge on any atom is 0.307 e. The monoisotopic (exact) mass is 387 g/mol. The number of ether oxygens (including phenoxy) is 1. The zero-order valence-electron chi connectivity index (χ0n) is 16.3. The largest absolute Gasteiger partial charge is 0.481 e. The number of carbonyl (C=O) groups is 1. The molecule has 3 aromatic rings. The molecule has 0 aromatic heterocycles. The van der Waals surface area contributed by atoms with E-state index in [-0.39, 0.29) is 12.0 Å². The van der Waals surface area contributed by atoms with Crippen molar-refractivity contribution in [3.05, 3.63) is 96.1 Å². The van der Waals surface area contributed by atoms with Crippen molar-refractivity contribution in [1.29, 1.82) is 0 Å². The summed E-state index contributed by atoms with van der Waals surface area (Å²) in [5, 5.41) is 9.54. The molecule has 1 aliphatic rings. The van der Waals surface area contributed by atoms with E-state index in [2.05, 4.69) is 29.2 Å². The number of carboxylic acid groups (broad SMARTS) is 1. The van der Waals surface area contributed by atoms with Crippen LogP contribution < -0.4 is 4.74 Å². The second-order valence-corrected chi connectivity index (χ2v) is 7.47. The summed E-state index contributed by atoms with van der Waals surface area (Å²) in [6, 6.07) is 28.1. The third-order valence-corrected chi connectivity index (χ3v) is 5.44. The molecule has 1 saturated heterocycles. The Bertz CT molecular complexity index is 943. The molecular formula is C25H25NO3. The number of carboxylic acids is 1. The Balaban J connectivity index is 1.66. The molecule has 0 saturated carbocycles. The van der Waals surface area contributed by atoms with E-state index in [0.29, 0.717) is 6.54 Å². The molecule has 0 radical (unpaired) electrons. The van der Waals surface area contributed by atoms with Crippen molar-refractivity contribution >= 4 is 5.97 Å². The van der Waals surface area contributed by atoms with Crippen LogP contribution in [-0.2, 0) is 4.79 Å².